The normalized spacial score (nSPS) is 12.2. The third-order valence-electron chi connectivity index (χ3n) is 4.58. The van der Waals surface area contributed by atoms with Gasteiger partial charge in [-0.2, -0.15) is 4.99 Å². The third-order valence-corrected chi connectivity index (χ3v) is 7.23. The van der Waals surface area contributed by atoms with E-state index in [9.17, 15) is 18.0 Å². The maximum absolute atomic E-state index is 12.6. The molecule has 32 heavy (non-hydrogen) atoms. The van der Waals surface area contributed by atoms with Crippen molar-refractivity contribution in [3.8, 4) is 5.75 Å². The van der Waals surface area contributed by atoms with Gasteiger partial charge in [-0.3, -0.25) is 4.79 Å². The van der Waals surface area contributed by atoms with Gasteiger partial charge in [-0.25, -0.2) is 13.2 Å². The molecule has 0 unspecified atom stereocenters. The summed E-state index contributed by atoms with van der Waals surface area (Å²) in [5.74, 6) is -1.54. The highest BCUT2D eigenvalue weighted by Crippen LogP contribution is 2.20. The molecule has 1 amide bonds. The highest BCUT2D eigenvalue weighted by molar-refractivity contribution is 7.92. The summed E-state index contributed by atoms with van der Waals surface area (Å²) in [6.07, 6.45) is 0. The molecule has 1 heterocycles. The van der Waals surface area contributed by atoms with Gasteiger partial charge in [-0.05, 0) is 42.5 Å². The topological polar surface area (TPSA) is 113 Å². The maximum Gasteiger partial charge on any atom is 0.337 e. The molecule has 1 aromatic heterocycles. The molecule has 3 aromatic rings. The molecule has 2 aromatic carbocycles. The van der Waals surface area contributed by atoms with Crippen LogP contribution in [0.4, 0.5) is 0 Å². The smallest absolute Gasteiger partial charge is 0.337 e. The Bertz CT molecular complexity index is 1310. The van der Waals surface area contributed by atoms with Gasteiger partial charge in [-0.1, -0.05) is 11.3 Å². The number of nitrogens with zero attached hydrogens (tertiary/aromatic N) is 2. The van der Waals surface area contributed by atoms with Gasteiger partial charge < -0.3 is 18.8 Å². The average Bonchev–Trinajstić information content (AvgIpc) is 3.12. The van der Waals surface area contributed by atoms with Gasteiger partial charge in [0.25, 0.3) is 5.91 Å². The van der Waals surface area contributed by atoms with E-state index in [4.69, 9.17) is 14.2 Å². The van der Waals surface area contributed by atoms with Crippen LogP contribution < -0.4 is 9.54 Å². The number of carbonyl (C=O) groups is 2. The lowest BCUT2D eigenvalue weighted by Gasteiger charge is -2.05. The Balaban J connectivity index is 1.97. The fraction of sp³-hybridized carbons (Fsp3) is 0.286. The molecular weight excluding hydrogens is 456 g/mol. The Morgan fingerprint density at radius 2 is 1.78 bits per heavy atom. The number of amides is 1. The van der Waals surface area contributed by atoms with E-state index < -0.39 is 27.5 Å². The van der Waals surface area contributed by atoms with E-state index in [1.807, 2.05) is 0 Å². The molecule has 0 radical (unpaired) electrons. The second kappa shape index (κ2) is 10.1. The average molecular weight is 479 g/mol. The van der Waals surface area contributed by atoms with Gasteiger partial charge in [0.15, 0.2) is 14.6 Å². The number of esters is 1. The number of hydrogen-bond donors (Lipinski definition) is 0. The zero-order valence-electron chi connectivity index (χ0n) is 17.7. The zero-order valence-corrected chi connectivity index (χ0v) is 19.4. The van der Waals surface area contributed by atoms with E-state index in [0.29, 0.717) is 34.0 Å². The van der Waals surface area contributed by atoms with Crippen LogP contribution in [-0.2, 0) is 30.7 Å². The van der Waals surface area contributed by atoms with Crippen molar-refractivity contribution in [1.29, 1.82) is 0 Å². The lowest BCUT2D eigenvalue weighted by molar-refractivity contribution is -0.115. The van der Waals surface area contributed by atoms with Gasteiger partial charge in [-0.15, -0.1) is 0 Å². The van der Waals surface area contributed by atoms with E-state index in [1.54, 1.807) is 29.9 Å². The van der Waals surface area contributed by atoms with Gasteiger partial charge in [0, 0.05) is 13.7 Å². The number of benzene rings is 2. The van der Waals surface area contributed by atoms with Crippen molar-refractivity contribution in [3.63, 3.8) is 0 Å². The first-order valence-corrected chi connectivity index (χ1v) is 11.9. The molecular formula is C21H22N2O7S2. The predicted molar refractivity (Wildman–Crippen MR) is 119 cm³/mol. The molecule has 11 heteroatoms. The Hall–Kier alpha value is -3.02. The molecule has 170 valence electrons. The fourth-order valence-corrected chi connectivity index (χ4v) is 5.19. The van der Waals surface area contributed by atoms with Gasteiger partial charge in [0.1, 0.15) is 11.5 Å². The van der Waals surface area contributed by atoms with Crippen LogP contribution in [0.5, 0.6) is 5.75 Å². The van der Waals surface area contributed by atoms with E-state index in [-0.39, 0.29) is 4.90 Å². The van der Waals surface area contributed by atoms with Crippen LogP contribution in [0.15, 0.2) is 52.4 Å². The van der Waals surface area contributed by atoms with E-state index in [2.05, 4.69) is 4.99 Å². The summed E-state index contributed by atoms with van der Waals surface area (Å²) in [5, 5.41) is 0. The van der Waals surface area contributed by atoms with E-state index in [1.165, 1.54) is 49.8 Å². The maximum atomic E-state index is 12.6. The molecule has 0 fully saturated rings. The molecule has 0 atom stereocenters. The number of methoxy groups -OCH3 is 3. The highest BCUT2D eigenvalue weighted by atomic mass is 32.2. The van der Waals surface area contributed by atoms with Crippen LogP contribution in [0.25, 0.3) is 10.2 Å². The van der Waals surface area contributed by atoms with Gasteiger partial charge in [0.05, 0.1) is 41.5 Å². The molecule has 3 rings (SSSR count). The molecule has 0 N–H and O–H groups in total. The van der Waals surface area contributed by atoms with Crippen LogP contribution in [0.1, 0.15) is 10.4 Å². The van der Waals surface area contributed by atoms with Crippen LogP contribution in [0, 0.1) is 0 Å². The van der Waals surface area contributed by atoms with Gasteiger partial charge in [0.2, 0.25) is 0 Å². The quantitative estimate of drug-likeness (QED) is 0.455. The SMILES string of the molecule is COCCn1c(=NC(=O)CS(=O)(=O)c2ccc(OC)cc2)sc2cc(C(=O)OC)ccc21. The summed E-state index contributed by atoms with van der Waals surface area (Å²) in [5.41, 5.74) is 1.10. The summed E-state index contributed by atoms with van der Waals surface area (Å²) in [7, 11) is 0.444. The van der Waals surface area contributed by atoms with Crippen molar-refractivity contribution in [1.82, 2.24) is 4.57 Å². The predicted octanol–water partition coefficient (Wildman–Crippen LogP) is 2.05. The van der Waals surface area contributed by atoms with E-state index in [0.717, 1.165) is 5.52 Å². The summed E-state index contributed by atoms with van der Waals surface area (Å²) < 4.78 is 42.6. The van der Waals surface area contributed by atoms with Crippen molar-refractivity contribution < 1.29 is 32.2 Å². The molecule has 0 aliphatic rings. The monoisotopic (exact) mass is 478 g/mol. The first-order valence-electron chi connectivity index (χ1n) is 9.44. The Kier molecular flexibility index (Phi) is 7.44. The summed E-state index contributed by atoms with van der Waals surface area (Å²) in [4.78, 5) is 28.8. The van der Waals surface area contributed by atoms with Crippen molar-refractivity contribution in [2.45, 2.75) is 11.4 Å². The standard InChI is InChI=1S/C21H22N2O7S2/c1-28-11-10-23-17-9-4-14(20(25)30-3)12-18(17)31-21(23)22-19(24)13-32(26,27)16-7-5-15(29-2)6-8-16/h4-9,12H,10-11,13H2,1-3H3. The van der Waals surface area contributed by atoms with Crippen molar-refractivity contribution in [3.05, 3.63) is 52.8 Å². The van der Waals surface area contributed by atoms with Crippen molar-refractivity contribution >= 4 is 43.3 Å². The van der Waals surface area contributed by atoms with Crippen molar-refractivity contribution in [2.75, 3.05) is 33.7 Å². The lowest BCUT2D eigenvalue weighted by atomic mass is 10.2. The minimum absolute atomic E-state index is 0.00756. The fourth-order valence-electron chi connectivity index (χ4n) is 2.97. The van der Waals surface area contributed by atoms with Crippen LogP contribution in [0.2, 0.25) is 0 Å². The second-order valence-electron chi connectivity index (χ2n) is 6.64. The Morgan fingerprint density at radius 1 is 1.06 bits per heavy atom. The van der Waals surface area contributed by atoms with E-state index >= 15 is 0 Å². The minimum atomic E-state index is -3.88. The molecule has 0 aliphatic carbocycles. The minimum Gasteiger partial charge on any atom is -0.497 e. The Labute approximate surface area is 188 Å². The number of rotatable bonds is 8. The number of carbonyl (C=O) groups excluding carboxylic acids is 2. The molecule has 9 nitrogen and oxygen atoms in total. The van der Waals surface area contributed by atoms with Crippen molar-refractivity contribution in [2.24, 2.45) is 4.99 Å². The van der Waals surface area contributed by atoms with Crippen LogP contribution in [0.3, 0.4) is 0 Å². The zero-order chi connectivity index (χ0) is 23.3. The van der Waals surface area contributed by atoms with Gasteiger partial charge >= 0.3 is 5.97 Å². The number of hydrogen-bond acceptors (Lipinski definition) is 8. The third kappa shape index (κ3) is 5.23. The number of aromatic nitrogens is 1. The highest BCUT2D eigenvalue weighted by Gasteiger charge is 2.20. The first-order chi connectivity index (χ1) is 15.3. The molecule has 0 saturated heterocycles. The summed E-state index contributed by atoms with van der Waals surface area (Å²) in [6.45, 7) is 0.752. The molecule has 0 aliphatic heterocycles. The van der Waals surface area contributed by atoms with Crippen LogP contribution in [-0.4, -0.2) is 58.6 Å². The Morgan fingerprint density at radius 3 is 2.41 bits per heavy atom. The van der Waals surface area contributed by atoms with Crippen LogP contribution >= 0.6 is 11.3 Å². The second-order valence-corrected chi connectivity index (χ2v) is 9.64. The largest absolute Gasteiger partial charge is 0.497 e. The summed E-state index contributed by atoms with van der Waals surface area (Å²) >= 11 is 1.17. The lowest BCUT2D eigenvalue weighted by Crippen LogP contribution is -2.22. The number of fused-ring (bicyclic) bond motifs is 1. The summed E-state index contributed by atoms with van der Waals surface area (Å²) in [6, 6.07) is 10.8. The molecule has 0 saturated carbocycles. The number of ether oxygens (including phenoxy) is 3. The number of thiazole rings is 1. The molecule has 0 spiro atoms. The first kappa shape index (κ1) is 23.6. The number of sulfone groups is 1. The molecule has 0 bridgehead atoms.